The molecule has 5 heteroatoms. The molecule has 1 heterocycles. The van der Waals surface area contributed by atoms with Crippen molar-refractivity contribution in [1.29, 1.82) is 0 Å². The summed E-state index contributed by atoms with van der Waals surface area (Å²) in [4.78, 5) is 1.66. The van der Waals surface area contributed by atoms with E-state index in [1.54, 1.807) is 4.90 Å². The molecule has 0 saturated carbocycles. The SMILES string of the molecule is CCNCc1cc(F)c(N2CCC(C)C2CO)c(F)c1. The van der Waals surface area contributed by atoms with Gasteiger partial charge in [-0.3, -0.25) is 0 Å². The van der Waals surface area contributed by atoms with Crippen molar-refractivity contribution in [3.63, 3.8) is 0 Å². The van der Waals surface area contributed by atoms with E-state index < -0.39 is 11.6 Å². The zero-order valence-corrected chi connectivity index (χ0v) is 12.0. The van der Waals surface area contributed by atoms with Crippen molar-refractivity contribution in [2.75, 3.05) is 24.6 Å². The summed E-state index contributed by atoms with van der Waals surface area (Å²) in [5.41, 5.74) is 0.590. The molecule has 1 aliphatic heterocycles. The Morgan fingerprint density at radius 3 is 2.55 bits per heavy atom. The van der Waals surface area contributed by atoms with Gasteiger partial charge in [-0.05, 0) is 36.6 Å². The Labute approximate surface area is 118 Å². The van der Waals surface area contributed by atoms with Gasteiger partial charge in [0.15, 0.2) is 0 Å². The van der Waals surface area contributed by atoms with Gasteiger partial charge in [0.1, 0.15) is 17.3 Å². The number of hydrogen-bond donors (Lipinski definition) is 2. The van der Waals surface area contributed by atoms with Gasteiger partial charge in [-0.15, -0.1) is 0 Å². The summed E-state index contributed by atoms with van der Waals surface area (Å²) < 4.78 is 28.5. The Morgan fingerprint density at radius 1 is 1.35 bits per heavy atom. The quantitative estimate of drug-likeness (QED) is 0.871. The van der Waals surface area contributed by atoms with Crippen LogP contribution in [0.3, 0.4) is 0 Å². The summed E-state index contributed by atoms with van der Waals surface area (Å²) in [6, 6.07) is 2.54. The van der Waals surface area contributed by atoms with Crippen LogP contribution in [0.2, 0.25) is 0 Å². The third kappa shape index (κ3) is 2.94. The van der Waals surface area contributed by atoms with Gasteiger partial charge >= 0.3 is 0 Å². The maximum absolute atomic E-state index is 14.2. The van der Waals surface area contributed by atoms with Crippen LogP contribution in [0.1, 0.15) is 25.8 Å². The highest BCUT2D eigenvalue weighted by atomic mass is 19.1. The number of aliphatic hydroxyl groups is 1. The highest BCUT2D eigenvalue weighted by molar-refractivity contribution is 5.52. The van der Waals surface area contributed by atoms with Crippen LogP contribution in [0.15, 0.2) is 12.1 Å². The van der Waals surface area contributed by atoms with Crippen LogP contribution >= 0.6 is 0 Å². The molecule has 1 saturated heterocycles. The van der Waals surface area contributed by atoms with E-state index in [4.69, 9.17) is 0 Å². The first-order valence-electron chi connectivity index (χ1n) is 7.14. The molecule has 3 nitrogen and oxygen atoms in total. The number of nitrogens with zero attached hydrogens (tertiary/aromatic N) is 1. The molecule has 0 bridgehead atoms. The first-order valence-corrected chi connectivity index (χ1v) is 7.14. The van der Waals surface area contributed by atoms with Crippen LogP contribution in [-0.2, 0) is 6.54 Å². The van der Waals surface area contributed by atoms with Crippen LogP contribution in [0.25, 0.3) is 0 Å². The third-order valence-corrected chi connectivity index (χ3v) is 4.01. The van der Waals surface area contributed by atoms with Gasteiger partial charge in [-0.1, -0.05) is 13.8 Å². The summed E-state index contributed by atoms with van der Waals surface area (Å²) >= 11 is 0. The minimum absolute atomic E-state index is 0.00588. The van der Waals surface area contributed by atoms with Crippen molar-refractivity contribution in [3.05, 3.63) is 29.3 Å². The van der Waals surface area contributed by atoms with Crippen molar-refractivity contribution in [1.82, 2.24) is 5.32 Å². The molecule has 0 radical (unpaired) electrons. The van der Waals surface area contributed by atoms with E-state index in [1.165, 1.54) is 12.1 Å². The van der Waals surface area contributed by atoms with E-state index in [9.17, 15) is 13.9 Å². The van der Waals surface area contributed by atoms with Gasteiger partial charge in [0, 0.05) is 13.1 Å². The van der Waals surface area contributed by atoms with Crippen LogP contribution in [0.5, 0.6) is 0 Å². The first kappa shape index (κ1) is 15.2. The molecule has 1 aliphatic rings. The summed E-state index contributed by atoms with van der Waals surface area (Å²) in [6.07, 6.45) is 0.837. The number of halogens is 2. The van der Waals surface area contributed by atoms with E-state index in [0.717, 1.165) is 13.0 Å². The lowest BCUT2D eigenvalue weighted by Gasteiger charge is -2.28. The lowest BCUT2D eigenvalue weighted by molar-refractivity contribution is 0.244. The van der Waals surface area contributed by atoms with E-state index in [0.29, 0.717) is 18.7 Å². The molecule has 2 unspecified atom stereocenters. The number of aliphatic hydroxyl groups excluding tert-OH is 1. The van der Waals surface area contributed by atoms with Gasteiger partial charge in [0.05, 0.1) is 12.6 Å². The average molecular weight is 284 g/mol. The molecular weight excluding hydrogens is 262 g/mol. The van der Waals surface area contributed by atoms with E-state index >= 15 is 0 Å². The second-order valence-electron chi connectivity index (χ2n) is 5.40. The normalized spacial score (nSPS) is 22.6. The van der Waals surface area contributed by atoms with Crippen molar-refractivity contribution in [2.45, 2.75) is 32.9 Å². The highest BCUT2D eigenvalue weighted by Crippen LogP contribution is 2.33. The smallest absolute Gasteiger partial charge is 0.149 e. The van der Waals surface area contributed by atoms with Crippen molar-refractivity contribution >= 4 is 5.69 Å². The minimum Gasteiger partial charge on any atom is -0.394 e. The molecular formula is C15H22F2N2O. The molecule has 0 aliphatic carbocycles. The van der Waals surface area contributed by atoms with Crippen LogP contribution < -0.4 is 10.2 Å². The number of benzene rings is 1. The van der Waals surface area contributed by atoms with Gasteiger partial charge in [0.25, 0.3) is 0 Å². The fourth-order valence-corrected chi connectivity index (χ4v) is 2.83. The molecule has 1 aromatic carbocycles. The zero-order chi connectivity index (χ0) is 14.7. The number of rotatable bonds is 5. The monoisotopic (exact) mass is 284 g/mol. The Kier molecular flexibility index (Phi) is 4.94. The molecule has 1 aromatic rings. The van der Waals surface area contributed by atoms with Gasteiger partial charge in [-0.2, -0.15) is 0 Å². The number of anilines is 1. The van der Waals surface area contributed by atoms with E-state index in [2.05, 4.69) is 5.32 Å². The zero-order valence-electron chi connectivity index (χ0n) is 12.0. The van der Waals surface area contributed by atoms with Crippen LogP contribution in [0, 0.1) is 17.6 Å². The summed E-state index contributed by atoms with van der Waals surface area (Å²) in [5, 5.41) is 12.5. The second-order valence-corrected chi connectivity index (χ2v) is 5.40. The second kappa shape index (κ2) is 6.50. The molecule has 2 N–H and O–H groups in total. The largest absolute Gasteiger partial charge is 0.394 e. The summed E-state index contributed by atoms with van der Waals surface area (Å²) in [6.45, 7) is 5.63. The first-order chi connectivity index (χ1) is 9.58. The third-order valence-electron chi connectivity index (χ3n) is 4.01. The van der Waals surface area contributed by atoms with E-state index in [1.807, 2.05) is 13.8 Å². The molecule has 0 aromatic heterocycles. The van der Waals surface area contributed by atoms with Crippen LogP contribution in [0.4, 0.5) is 14.5 Å². The van der Waals surface area contributed by atoms with Gasteiger partial charge in [0.2, 0.25) is 0 Å². The molecule has 20 heavy (non-hydrogen) atoms. The maximum Gasteiger partial charge on any atom is 0.149 e. The van der Waals surface area contributed by atoms with Crippen LogP contribution in [-0.4, -0.2) is 30.8 Å². The fraction of sp³-hybridized carbons (Fsp3) is 0.600. The van der Waals surface area contributed by atoms with Crippen molar-refractivity contribution in [2.24, 2.45) is 5.92 Å². The van der Waals surface area contributed by atoms with E-state index in [-0.39, 0.29) is 24.3 Å². The Hall–Kier alpha value is -1.20. The molecule has 0 spiro atoms. The summed E-state index contributed by atoms with van der Waals surface area (Å²) in [7, 11) is 0. The molecule has 112 valence electrons. The van der Waals surface area contributed by atoms with Gasteiger partial charge < -0.3 is 15.3 Å². The topological polar surface area (TPSA) is 35.5 Å². The minimum atomic E-state index is -0.551. The fourth-order valence-electron chi connectivity index (χ4n) is 2.83. The average Bonchev–Trinajstić information content (AvgIpc) is 2.76. The Bertz CT molecular complexity index is 444. The lowest BCUT2D eigenvalue weighted by atomic mass is 10.0. The maximum atomic E-state index is 14.2. The highest BCUT2D eigenvalue weighted by Gasteiger charge is 2.33. The predicted octanol–water partition coefficient (Wildman–Crippen LogP) is 2.28. The molecule has 0 amide bonds. The molecule has 2 rings (SSSR count). The van der Waals surface area contributed by atoms with Crippen molar-refractivity contribution < 1.29 is 13.9 Å². The lowest BCUT2D eigenvalue weighted by Crippen LogP contribution is -2.36. The Morgan fingerprint density at radius 2 is 2.00 bits per heavy atom. The van der Waals surface area contributed by atoms with Crippen molar-refractivity contribution in [3.8, 4) is 0 Å². The Balaban J connectivity index is 2.28. The molecule has 2 atom stereocenters. The predicted molar refractivity (Wildman–Crippen MR) is 75.7 cm³/mol. The number of nitrogens with one attached hydrogen (secondary N) is 1. The summed E-state index contributed by atoms with van der Waals surface area (Å²) in [5.74, 6) is -0.865. The number of hydrogen-bond acceptors (Lipinski definition) is 3. The van der Waals surface area contributed by atoms with Gasteiger partial charge in [-0.25, -0.2) is 8.78 Å². The molecule has 1 fully saturated rings. The standard InChI is InChI=1S/C15H22F2N2O/c1-3-18-8-11-6-12(16)15(13(17)7-11)19-5-4-10(2)14(19)9-20/h6-7,10,14,18,20H,3-5,8-9H2,1-2H3.